The molecule has 1 saturated heterocycles. The predicted octanol–water partition coefficient (Wildman–Crippen LogP) is 3.08. The number of aromatic nitrogens is 1. The Hall–Kier alpha value is -2.47. The Bertz CT molecular complexity index is 837. The van der Waals surface area contributed by atoms with Gasteiger partial charge in [-0.25, -0.2) is 0 Å². The summed E-state index contributed by atoms with van der Waals surface area (Å²) in [6, 6.07) is 7.59. The van der Waals surface area contributed by atoms with E-state index in [-0.39, 0.29) is 5.91 Å². The molecular weight excluding hydrogens is 366 g/mol. The molecule has 2 aliphatic rings. The second-order valence-electron chi connectivity index (χ2n) is 6.70. The number of pyridine rings is 1. The standard InChI is InChI=1S/C20H22ClN3O3/c21-16-11-14(12-18-19(16)27-10-9-26-18)3-5-23-20(25)17-13-15(4-6-22-17)24-7-1-2-8-24/h4,6,11-13H,1-3,5,7-10H2,(H,23,25). The number of anilines is 1. The van der Waals surface area contributed by atoms with E-state index in [2.05, 4.69) is 15.2 Å². The first kappa shape index (κ1) is 17.9. The minimum atomic E-state index is -0.167. The van der Waals surface area contributed by atoms with E-state index < -0.39 is 0 Å². The van der Waals surface area contributed by atoms with Gasteiger partial charge in [-0.1, -0.05) is 11.6 Å². The van der Waals surface area contributed by atoms with E-state index in [0.29, 0.717) is 48.4 Å². The number of fused-ring (bicyclic) bond motifs is 1. The summed E-state index contributed by atoms with van der Waals surface area (Å²) in [5.41, 5.74) is 2.49. The van der Waals surface area contributed by atoms with Gasteiger partial charge in [-0.15, -0.1) is 0 Å². The molecule has 0 atom stereocenters. The lowest BCUT2D eigenvalue weighted by molar-refractivity contribution is 0.0949. The van der Waals surface area contributed by atoms with Gasteiger partial charge in [0.25, 0.3) is 5.91 Å². The van der Waals surface area contributed by atoms with Gasteiger partial charge < -0.3 is 19.7 Å². The largest absolute Gasteiger partial charge is 0.486 e. The van der Waals surface area contributed by atoms with Crippen molar-refractivity contribution in [2.24, 2.45) is 0 Å². The van der Waals surface area contributed by atoms with E-state index in [1.807, 2.05) is 24.3 Å². The van der Waals surface area contributed by atoms with Crippen molar-refractivity contribution < 1.29 is 14.3 Å². The summed E-state index contributed by atoms with van der Waals surface area (Å²) >= 11 is 6.26. The molecule has 0 bridgehead atoms. The Balaban J connectivity index is 1.36. The van der Waals surface area contributed by atoms with Crippen LogP contribution in [0.15, 0.2) is 30.5 Å². The zero-order valence-corrected chi connectivity index (χ0v) is 15.8. The SMILES string of the molecule is O=C(NCCc1cc(Cl)c2c(c1)OCCO2)c1cc(N2CCCC2)ccn1. The van der Waals surface area contributed by atoms with E-state index in [4.69, 9.17) is 21.1 Å². The van der Waals surface area contributed by atoms with E-state index in [9.17, 15) is 4.79 Å². The lowest BCUT2D eigenvalue weighted by Crippen LogP contribution is -2.27. The van der Waals surface area contributed by atoms with Crippen LogP contribution in [-0.4, -0.2) is 43.7 Å². The molecule has 3 heterocycles. The third-order valence-electron chi connectivity index (χ3n) is 4.80. The molecule has 0 saturated carbocycles. The summed E-state index contributed by atoms with van der Waals surface area (Å²) in [5.74, 6) is 1.09. The van der Waals surface area contributed by atoms with Crippen molar-refractivity contribution >= 4 is 23.2 Å². The monoisotopic (exact) mass is 387 g/mol. The fraction of sp³-hybridized carbons (Fsp3) is 0.400. The van der Waals surface area contributed by atoms with Gasteiger partial charge in [0.2, 0.25) is 0 Å². The lowest BCUT2D eigenvalue weighted by atomic mass is 10.1. The molecule has 1 aromatic carbocycles. The average molecular weight is 388 g/mol. The zero-order valence-electron chi connectivity index (χ0n) is 15.0. The summed E-state index contributed by atoms with van der Waals surface area (Å²) in [5, 5.41) is 3.47. The van der Waals surface area contributed by atoms with Crippen molar-refractivity contribution in [1.82, 2.24) is 10.3 Å². The topological polar surface area (TPSA) is 63.7 Å². The molecule has 0 radical (unpaired) electrons. The Labute approximate surface area is 163 Å². The van der Waals surface area contributed by atoms with Crippen molar-refractivity contribution in [2.45, 2.75) is 19.3 Å². The van der Waals surface area contributed by atoms with Crippen LogP contribution in [0.1, 0.15) is 28.9 Å². The van der Waals surface area contributed by atoms with Crippen LogP contribution in [-0.2, 0) is 6.42 Å². The number of benzene rings is 1. The van der Waals surface area contributed by atoms with Crippen molar-refractivity contribution in [3.63, 3.8) is 0 Å². The van der Waals surface area contributed by atoms with Crippen molar-refractivity contribution in [2.75, 3.05) is 37.7 Å². The molecule has 1 amide bonds. The highest BCUT2D eigenvalue weighted by atomic mass is 35.5. The van der Waals surface area contributed by atoms with E-state index >= 15 is 0 Å². The molecule has 27 heavy (non-hydrogen) atoms. The molecule has 2 aromatic rings. The Morgan fingerprint density at radius 1 is 1.19 bits per heavy atom. The van der Waals surface area contributed by atoms with Crippen LogP contribution in [0.4, 0.5) is 5.69 Å². The normalized spacial score (nSPS) is 15.7. The summed E-state index contributed by atoms with van der Waals surface area (Å²) in [7, 11) is 0. The van der Waals surface area contributed by atoms with Gasteiger partial charge in [0.15, 0.2) is 11.5 Å². The number of nitrogens with zero attached hydrogens (tertiary/aromatic N) is 2. The van der Waals surface area contributed by atoms with E-state index in [0.717, 1.165) is 24.3 Å². The van der Waals surface area contributed by atoms with Crippen molar-refractivity contribution in [1.29, 1.82) is 0 Å². The van der Waals surface area contributed by atoms with Gasteiger partial charge in [-0.2, -0.15) is 0 Å². The van der Waals surface area contributed by atoms with E-state index in [1.165, 1.54) is 12.8 Å². The summed E-state index contributed by atoms with van der Waals surface area (Å²) < 4.78 is 11.1. The molecule has 1 aromatic heterocycles. The van der Waals surface area contributed by atoms with Crippen LogP contribution in [0, 0.1) is 0 Å². The van der Waals surface area contributed by atoms with Crippen molar-refractivity contribution in [3.05, 3.63) is 46.7 Å². The number of nitrogens with one attached hydrogen (secondary N) is 1. The maximum absolute atomic E-state index is 12.4. The number of hydrogen-bond acceptors (Lipinski definition) is 5. The molecule has 4 rings (SSSR count). The Morgan fingerprint density at radius 3 is 2.85 bits per heavy atom. The first-order valence-corrected chi connectivity index (χ1v) is 9.66. The smallest absolute Gasteiger partial charge is 0.269 e. The minimum Gasteiger partial charge on any atom is -0.486 e. The third kappa shape index (κ3) is 4.11. The van der Waals surface area contributed by atoms with Gasteiger partial charge in [0.05, 0.1) is 5.02 Å². The average Bonchev–Trinajstić information content (AvgIpc) is 3.23. The molecule has 6 nitrogen and oxygen atoms in total. The van der Waals surface area contributed by atoms with Crippen LogP contribution < -0.4 is 19.7 Å². The number of carbonyl (C=O) groups is 1. The zero-order chi connectivity index (χ0) is 18.6. The summed E-state index contributed by atoms with van der Waals surface area (Å²) in [6.07, 6.45) is 4.74. The fourth-order valence-corrected chi connectivity index (χ4v) is 3.72. The molecule has 2 aliphatic heterocycles. The van der Waals surface area contributed by atoms with Gasteiger partial charge in [0.1, 0.15) is 18.9 Å². The maximum Gasteiger partial charge on any atom is 0.269 e. The highest BCUT2D eigenvalue weighted by molar-refractivity contribution is 6.32. The van der Waals surface area contributed by atoms with Crippen LogP contribution in [0.5, 0.6) is 11.5 Å². The Kier molecular flexibility index (Phi) is 5.34. The minimum absolute atomic E-state index is 0.167. The molecule has 1 fully saturated rings. The van der Waals surface area contributed by atoms with Crippen molar-refractivity contribution in [3.8, 4) is 11.5 Å². The number of ether oxygens (including phenoxy) is 2. The number of halogens is 1. The quantitative estimate of drug-likeness (QED) is 0.854. The molecule has 0 unspecified atom stereocenters. The molecule has 1 N–H and O–H groups in total. The molecule has 0 spiro atoms. The first-order chi connectivity index (χ1) is 13.2. The molecule has 142 valence electrons. The first-order valence-electron chi connectivity index (χ1n) is 9.28. The molecule has 0 aliphatic carbocycles. The second-order valence-corrected chi connectivity index (χ2v) is 7.11. The number of hydrogen-bond donors (Lipinski definition) is 1. The molecule has 7 heteroatoms. The van der Waals surface area contributed by atoms with Crippen LogP contribution in [0.2, 0.25) is 5.02 Å². The predicted molar refractivity (Wildman–Crippen MR) is 104 cm³/mol. The van der Waals surface area contributed by atoms with Gasteiger partial charge in [-0.05, 0) is 49.1 Å². The fourth-order valence-electron chi connectivity index (χ4n) is 3.44. The highest BCUT2D eigenvalue weighted by Crippen LogP contribution is 2.38. The van der Waals surface area contributed by atoms with E-state index in [1.54, 1.807) is 6.20 Å². The van der Waals surface area contributed by atoms with Gasteiger partial charge >= 0.3 is 0 Å². The summed E-state index contributed by atoms with van der Waals surface area (Å²) in [6.45, 7) is 3.59. The second kappa shape index (κ2) is 8.05. The number of rotatable bonds is 5. The third-order valence-corrected chi connectivity index (χ3v) is 5.08. The highest BCUT2D eigenvalue weighted by Gasteiger charge is 2.17. The number of amides is 1. The number of carbonyl (C=O) groups excluding carboxylic acids is 1. The molecular formula is C20H22ClN3O3. The Morgan fingerprint density at radius 2 is 2.00 bits per heavy atom. The van der Waals surface area contributed by atoms with Gasteiger partial charge in [0, 0.05) is 31.5 Å². The van der Waals surface area contributed by atoms with Crippen LogP contribution >= 0.6 is 11.6 Å². The lowest BCUT2D eigenvalue weighted by Gasteiger charge is -2.20. The van der Waals surface area contributed by atoms with Crippen LogP contribution in [0.25, 0.3) is 0 Å². The summed E-state index contributed by atoms with van der Waals surface area (Å²) in [4.78, 5) is 18.9. The van der Waals surface area contributed by atoms with Crippen LogP contribution in [0.3, 0.4) is 0 Å². The maximum atomic E-state index is 12.4. The van der Waals surface area contributed by atoms with Gasteiger partial charge in [-0.3, -0.25) is 9.78 Å².